The molecular weight excluding hydrogens is 583 g/mol. The molecule has 9 rings (SSSR count). The van der Waals surface area contributed by atoms with Gasteiger partial charge in [0.2, 0.25) is 0 Å². The van der Waals surface area contributed by atoms with Crippen molar-refractivity contribution >= 4 is 49.8 Å². The molecular formula is C46H31NO. The number of para-hydroxylation sites is 1. The molecule has 9 aromatic rings. The second-order valence-corrected chi connectivity index (χ2v) is 12.1. The van der Waals surface area contributed by atoms with Crippen LogP contribution in [0.15, 0.2) is 192 Å². The van der Waals surface area contributed by atoms with Gasteiger partial charge in [-0.1, -0.05) is 146 Å². The van der Waals surface area contributed by atoms with Crippen molar-refractivity contribution in [3.63, 3.8) is 0 Å². The monoisotopic (exact) mass is 613 g/mol. The molecule has 1 aromatic heterocycles. The van der Waals surface area contributed by atoms with Crippen molar-refractivity contribution in [2.45, 2.75) is 0 Å². The zero-order chi connectivity index (χ0) is 31.9. The van der Waals surface area contributed by atoms with Crippen molar-refractivity contribution in [2.24, 2.45) is 0 Å². The van der Waals surface area contributed by atoms with E-state index in [1.165, 1.54) is 44.2 Å². The summed E-state index contributed by atoms with van der Waals surface area (Å²) in [6.45, 7) is 0. The van der Waals surface area contributed by atoms with Gasteiger partial charge in [-0.3, -0.25) is 0 Å². The normalized spacial score (nSPS) is 11.3. The Balaban J connectivity index is 1.20. The molecule has 0 fully saturated rings. The lowest BCUT2D eigenvalue weighted by molar-refractivity contribution is 0.669. The first-order chi connectivity index (χ1) is 23.8. The number of hydrogen-bond donors (Lipinski definition) is 0. The molecule has 0 amide bonds. The second-order valence-electron chi connectivity index (χ2n) is 12.1. The fraction of sp³-hybridized carbons (Fsp3) is 0. The van der Waals surface area contributed by atoms with Crippen LogP contribution in [0, 0.1) is 0 Å². The third kappa shape index (κ3) is 4.83. The smallest absolute Gasteiger partial charge is 0.137 e. The van der Waals surface area contributed by atoms with Crippen LogP contribution in [0.25, 0.3) is 66.1 Å². The molecule has 226 valence electrons. The highest BCUT2D eigenvalue weighted by Gasteiger charge is 2.22. The van der Waals surface area contributed by atoms with E-state index in [9.17, 15) is 0 Å². The Hall–Kier alpha value is -6.38. The Morgan fingerprint density at radius 2 is 0.833 bits per heavy atom. The minimum atomic E-state index is 0.869. The average molecular weight is 614 g/mol. The molecule has 8 aromatic carbocycles. The predicted octanol–water partition coefficient (Wildman–Crippen LogP) is 13.2. The SMILES string of the molecule is c1ccc(-c2ccc(-c3ccc(N(c4ccccc4)c4cccc5oc6cc(-c7ccccc7)c7ccccc7c6c45)cc3)cc2)cc1. The minimum absolute atomic E-state index is 0.869. The molecule has 0 spiro atoms. The summed E-state index contributed by atoms with van der Waals surface area (Å²) in [7, 11) is 0. The highest BCUT2D eigenvalue weighted by Crippen LogP contribution is 2.46. The highest BCUT2D eigenvalue weighted by molar-refractivity contribution is 6.25. The average Bonchev–Trinajstić information content (AvgIpc) is 3.56. The van der Waals surface area contributed by atoms with Crippen molar-refractivity contribution in [3.05, 3.63) is 188 Å². The second kappa shape index (κ2) is 11.8. The van der Waals surface area contributed by atoms with Gasteiger partial charge in [0.15, 0.2) is 0 Å². The molecule has 0 aliphatic rings. The predicted molar refractivity (Wildman–Crippen MR) is 202 cm³/mol. The number of rotatable bonds is 6. The zero-order valence-corrected chi connectivity index (χ0v) is 26.3. The Bertz CT molecular complexity index is 2520. The fourth-order valence-corrected chi connectivity index (χ4v) is 7.00. The van der Waals surface area contributed by atoms with Crippen LogP contribution in [-0.4, -0.2) is 0 Å². The van der Waals surface area contributed by atoms with E-state index < -0.39 is 0 Å². The number of anilines is 3. The fourth-order valence-electron chi connectivity index (χ4n) is 7.00. The van der Waals surface area contributed by atoms with Crippen LogP contribution in [0.3, 0.4) is 0 Å². The first kappa shape index (κ1) is 27.9. The Kier molecular flexibility index (Phi) is 6.84. The largest absolute Gasteiger partial charge is 0.456 e. The summed E-state index contributed by atoms with van der Waals surface area (Å²) in [6, 6.07) is 66.7. The Labute approximate surface area is 279 Å². The Morgan fingerprint density at radius 3 is 1.48 bits per heavy atom. The van der Waals surface area contributed by atoms with Crippen LogP contribution in [-0.2, 0) is 0 Å². The number of nitrogens with zero attached hydrogens (tertiary/aromatic N) is 1. The van der Waals surface area contributed by atoms with Crippen LogP contribution >= 0.6 is 0 Å². The highest BCUT2D eigenvalue weighted by atomic mass is 16.3. The van der Waals surface area contributed by atoms with E-state index >= 15 is 0 Å². The van der Waals surface area contributed by atoms with Gasteiger partial charge in [-0.15, -0.1) is 0 Å². The minimum Gasteiger partial charge on any atom is -0.456 e. The maximum atomic E-state index is 6.68. The van der Waals surface area contributed by atoms with Crippen LogP contribution in [0.1, 0.15) is 0 Å². The number of benzene rings is 8. The van der Waals surface area contributed by atoms with Gasteiger partial charge >= 0.3 is 0 Å². The molecule has 0 radical (unpaired) electrons. The maximum absolute atomic E-state index is 6.68. The number of furan rings is 1. The van der Waals surface area contributed by atoms with Crippen molar-refractivity contribution in [1.29, 1.82) is 0 Å². The summed E-state index contributed by atoms with van der Waals surface area (Å²) in [5.41, 5.74) is 12.2. The van der Waals surface area contributed by atoms with Gasteiger partial charge in [0.25, 0.3) is 0 Å². The van der Waals surface area contributed by atoms with E-state index in [-0.39, 0.29) is 0 Å². The molecule has 48 heavy (non-hydrogen) atoms. The lowest BCUT2D eigenvalue weighted by Crippen LogP contribution is -2.10. The molecule has 0 atom stereocenters. The maximum Gasteiger partial charge on any atom is 0.137 e. The van der Waals surface area contributed by atoms with E-state index in [1.807, 2.05) is 0 Å². The van der Waals surface area contributed by atoms with Crippen molar-refractivity contribution in [2.75, 3.05) is 4.90 Å². The molecule has 2 heteroatoms. The molecule has 1 heterocycles. The van der Waals surface area contributed by atoms with Gasteiger partial charge in [-0.2, -0.15) is 0 Å². The molecule has 2 nitrogen and oxygen atoms in total. The van der Waals surface area contributed by atoms with Gasteiger partial charge < -0.3 is 9.32 Å². The molecule has 0 aliphatic carbocycles. The summed E-state index contributed by atoms with van der Waals surface area (Å²) in [5, 5.41) is 4.63. The van der Waals surface area contributed by atoms with Crippen LogP contribution in [0.2, 0.25) is 0 Å². The van der Waals surface area contributed by atoms with Gasteiger partial charge in [-0.05, 0) is 86.6 Å². The quantitative estimate of drug-likeness (QED) is 0.185. The summed E-state index contributed by atoms with van der Waals surface area (Å²) in [4.78, 5) is 2.35. The lowest BCUT2D eigenvalue weighted by Gasteiger charge is -2.26. The lowest BCUT2D eigenvalue weighted by atomic mass is 9.94. The van der Waals surface area contributed by atoms with Crippen molar-refractivity contribution in [1.82, 2.24) is 0 Å². The van der Waals surface area contributed by atoms with Crippen molar-refractivity contribution < 1.29 is 4.42 Å². The topological polar surface area (TPSA) is 16.4 Å². The summed E-state index contributed by atoms with van der Waals surface area (Å²) < 4.78 is 6.68. The van der Waals surface area contributed by atoms with Gasteiger partial charge in [0.05, 0.1) is 11.1 Å². The van der Waals surface area contributed by atoms with E-state index in [0.717, 1.165) is 39.0 Å². The molecule has 0 saturated carbocycles. The van der Waals surface area contributed by atoms with Crippen molar-refractivity contribution in [3.8, 4) is 33.4 Å². The van der Waals surface area contributed by atoms with Gasteiger partial charge in [0.1, 0.15) is 11.2 Å². The first-order valence-corrected chi connectivity index (χ1v) is 16.4. The third-order valence-corrected chi connectivity index (χ3v) is 9.27. The molecule has 0 N–H and O–H groups in total. The number of hydrogen-bond acceptors (Lipinski definition) is 2. The van der Waals surface area contributed by atoms with Gasteiger partial charge in [-0.25, -0.2) is 0 Å². The van der Waals surface area contributed by atoms with E-state index in [1.54, 1.807) is 0 Å². The van der Waals surface area contributed by atoms with Crippen LogP contribution < -0.4 is 4.90 Å². The van der Waals surface area contributed by atoms with E-state index in [4.69, 9.17) is 4.42 Å². The summed E-state index contributed by atoms with van der Waals surface area (Å²) in [6.07, 6.45) is 0. The standard InChI is InChI=1S/C46H31NO/c1-4-13-32(14-5-1)33-23-25-34(26-24-33)35-27-29-38(30-28-35)47(37-17-8-3-9-18-37)42-21-12-22-43-46(42)45-40-20-11-10-19-39(40)41(31-44(45)48-43)36-15-6-2-7-16-36/h1-31H. The first-order valence-electron chi connectivity index (χ1n) is 16.4. The Morgan fingerprint density at radius 1 is 0.333 bits per heavy atom. The zero-order valence-electron chi connectivity index (χ0n) is 26.3. The van der Waals surface area contributed by atoms with Gasteiger partial charge in [0, 0.05) is 16.8 Å². The number of fused-ring (bicyclic) bond motifs is 5. The van der Waals surface area contributed by atoms with Crippen LogP contribution in [0.5, 0.6) is 0 Å². The summed E-state index contributed by atoms with van der Waals surface area (Å²) >= 11 is 0. The molecule has 0 aliphatic heterocycles. The van der Waals surface area contributed by atoms with E-state index in [2.05, 4.69) is 193 Å². The molecule has 0 saturated heterocycles. The molecule has 0 bridgehead atoms. The van der Waals surface area contributed by atoms with Crippen LogP contribution in [0.4, 0.5) is 17.1 Å². The summed E-state index contributed by atoms with van der Waals surface area (Å²) in [5.74, 6) is 0. The van der Waals surface area contributed by atoms with E-state index in [0.29, 0.717) is 0 Å². The molecule has 0 unspecified atom stereocenters. The third-order valence-electron chi connectivity index (χ3n) is 9.27.